The molecule has 0 aromatic heterocycles. The molecule has 0 N–H and O–H groups in total. The van der Waals surface area contributed by atoms with Crippen LogP contribution in [0.4, 0.5) is 4.79 Å². The first-order chi connectivity index (χ1) is 8.56. The van der Waals surface area contributed by atoms with Crippen LogP contribution in [0.15, 0.2) is 0 Å². The Morgan fingerprint density at radius 3 is 2.39 bits per heavy atom. The number of nitrogens with zero attached hydrogens (tertiary/aromatic N) is 2. The van der Waals surface area contributed by atoms with Crippen LogP contribution in [0, 0.1) is 5.92 Å². The van der Waals surface area contributed by atoms with E-state index in [9.17, 15) is 9.59 Å². The van der Waals surface area contributed by atoms with E-state index in [0.717, 1.165) is 12.8 Å². The lowest BCUT2D eigenvalue weighted by molar-refractivity contribution is -0.150. The highest BCUT2D eigenvalue weighted by molar-refractivity contribution is 5.75. The Balaban J connectivity index is 2.30. The summed E-state index contributed by atoms with van der Waals surface area (Å²) in [5, 5.41) is 0. The molecule has 0 bridgehead atoms. The first-order valence-corrected chi connectivity index (χ1v) is 6.69. The summed E-state index contributed by atoms with van der Waals surface area (Å²) in [5.74, 6) is -0.131. The topological polar surface area (TPSA) is 49.9 Å². The summed E-state index contributed by atoms with van der Waals surface area (Å²) < 4.78 is 5.21. The number of urea groups is 1. The number of carbonyl (C=O) groups excluding carboxylic acids is 2. The molecule has 18 heavy (non-hydrogen) atoms. The van der Waals surface area contributed by atoms with Gasteiger partial charge in [0, 0.05) is 27.2 Å². The Hall–Kier alpha value is -1.26. The average molecular weight is 256 g/mol. The summed E-state index contributed by atoms with van der Waals surface area (Å²) in [6, 6.07) is 0.0211. The third-order valence-electron chi connectivity index (χ3n) is 3.22. The Bertz CT molecular complexity index is 284. The summed E-state index contributed by atoms with van der Waals surface area (Å²) in [6.45, 7) is 3.88. The van der Waals surface area contributed by atoms with Gasteiger partial charge in [-0.25, -0.2) is 4.79 Å². The molecule has 0 spiro atoms. The van der Waals surface area contributed by atoms with Gasteiger partial charge >= 0.3 is 12.0 Å². The normalized spacial score (nSPS) is 16.5. The highest BCUT2D eigenvalue weighted by Gasteiger charge is 2.28. The lowest BCUT2D eigenvalue weighted by Gasteiger charge is -2.32. The molecule has 0 aromatic carbocycles. The summed E-state index contributed by atoms with van der Waals surface area (Å²) in [7, 11) is 3.49. The first kappa shape index (κ1) is 14.8. The molecule has 5 heteroatoms. The fourth-order valence-corrected chi connectivity index (χ4v) is 2.02. The number of carbonyl (C=O) groups is 2. The SMILES string of the molecule is CCCCOC(=O)C1CCN(C(=O)N(C)C)CC1. The summed E-state index contributed by atoms with van der Waals surface area (Å²) in [6.07, 6.45) is 3.38. The molecule has 0 unspecified atom stereocenters. The van der Waals surface area contributed by atoms with Crippen molar-refractivity contribution in [3.8, 4) is 0 Å². The Kier molecular flexibility index (Phi) is 5.95. The second-order valence-electron chi connectivity index (χ2n) is 4.96. The maximum Gasteiger partial charge on any atom is 0.319 e. The molecule has 1 aliphatic heterocycles. The van der Waals surface area contributed by atoms with Crippen molar-refractivity contribution in [2.45, 2.75) is 32.6 Å². The van der Waals surface area contributed by atoms with Gasteiger partial charge in [-0.05, 0) is 19.3 Å². The van der Waals surface area contributed by atoms with E-state index in [1.165, 1.54) is 0 Å². The van der Waals surface area contributed by atoms with E-state index in [2.05, 4.69) is 6.92 Å². The molecule has 1 aliphatic rings. The van der Waals surface area contributed by atoms with Crippen LogP contribution in [0.5, 0.6) is 0 Å². The monoisotopic (exact) mass is 256 g/mol. The van der Waals surface area contributed by atoms with Gasteiger partial charge in [0.1, 0.15) is 0 Å². The fraction of sp³-hybridized carbons (Fsp3) is 0.846. The van der Waals surface area contributed by atoms with Crippen molar-refractivity contribution >= 4 is 12.0 Å². The molecule has 0 radical (unpaired) electrons. The number of amides is 2. The molecule has 0 aromatic rings. The van der Waals surface area contributed by atoms with Crippen LogP contribution in [0.2, 0.25) is 0 Å². The van der Waals surface area contributed by atoms with Gasteiger partial charge in [-0.1, -0.05) is 13.3 Å². The number of piperidine rings is 1. The molecular formula is C13H24N2O3. The molecule has 1 saturated heterocycles. The highest BCUT2D eigenvalue weighted by atomic mass is 16.5. The van der Waals surface area contributed by atoms with Crippen molar-refractivity contribution in [1.82, 2.24) is 9.80 Å². The minimum absolute atomic E-state index is 0.0211. The molecule has 1 heterocycles. The number of esters is 1. The molecular weight excluding hydrogens is 232 g/mol. The van der Waals surface area contributed by atoms with Crippen molar-refractivity contribution in [3.05, 3.63) is 0 Å². The van der Waals surface area contributed by atoms with Gasteiger partial charge in [0.25, 0.3) is 0 Å². The van der Waals surface area contributed by atoms with Crippen LogP contribution in [0.1, 0.15) is 32.6 Å². The van der Waals surface area contributed by atoms with Gasteiger partial charge in [0.2, 0.25) is 0 Å². The Morgan fingerprint density at radius 1 is 1.28 bits per heavy atom. The van der Waals surface area contributed by atoms with Crippen LogP contribution in [0.3, 0.4) is 0 Å². The van der Waals surface area contributed by atoms with Gasteiger partial charge in [0.15, 0.2) is 0 Å². The molecule has 104 valence electrons. The van der Waals surface area contributed by atoms with Gasteiger partial charge in [-0.3, -0.25) is 4.79 Å². The van der Waals surface area contributed by atoms with Gasteiger partial charge < -0.3 is 14.5 Å². The third-order valence-corrected chi connectivity index (χ3v) is 3.22. The van der Waals surface area contributed by atoms with Crippen molar-refractivity contribution in [3.63, 3.8) is 0 Å². The molecule has 0 saturated carbocycles. The largest absolute Gasteiger partial charge is 0.465 e. The number of likely N-dealkylation sites (tertiary alicyclic amines) is 1. The van der Waals surface area contributed by atoms with E-state index in [1.807, 2.05) is 0 Å². The van der Waals surface area contributed by atoms with E-state index in [0.29, 0.717) is 32.5 Å². The number of unbranched alkanes of at least 4 members (excludes halogenated alkanes) is 1. The van der Waals surface area contributed by atoms with Crippen LogP contribution in [0.25, 0.3) is 0 Å². The van der Waals surface area contributed by atoms with Crippen molar-refractivity contribution in [2.75, 3.05) is 33.8 Å². The number of hydrogen-bond acceptors (Lipinski definition) is 3. The zero-order valence-corrected chi connectivity index (χ0v) is 11.6. The lowest BCUT2D eigenvalue weighted by atomic mass is 9.97. The highest BCUT2D eigenvalue weighted by Crippen LogP contribution is 2.19. The lowest BCUT2D eigenvalue weighted by Crippen LogP contribution is -2.45. The second-order valence-corrected chi connectivity index (χ2v) is 4.96. The maximum absolute atomic E-state index is 11.7. The van der Waals surface area contributed by atoms with Crippen LogP contribution < -0.4 is 0 Å². The third kappa shape index (κ3) is 4.20. The van der Waals surface area contributed by atoms with Crippen LogP contribution >= 0.6 is 0 Å². The van der Waals surface area contributed by atoms with Gasteiger partial charge in [-0.15, -0.1) is 0 Å². The van der Waals surface area contributed by atoms with Crippen molar-refractivity contribution in [1.29, 1.82) is 0 Å². The number of ether oxygens (including phenoxy) is 1. The molecule has 2 amide bonds. The van der Waals surface area contributed by atoms with E-state index in [-0.39, 0.29) is 17.9 Å². The second kappa shape index (κ2) is 7.24. The number of rotatable bonds is 4. The number of hydrogen-bond donors (Lipinski definition) is 0. The predicted octanol–water partition coefficient (Wildman–Crippen LogP) is 1.72. The van der Waals surface area contributed by atoms with Crippen LogP contribution in [-0.2, 0) is 9.53 Å². The zero-order chi connectivity index (χ0) is 13.5. The predicted molar refractivity (Wildman–Crippen MR) is 69.2 cm³/mol. The minimum Gasteiger partial charge on any atom is -0.465 e. The van der Waals surface area contributed by atoms with E-state index in [1.54, 1.807) is 23.9 Å². The molecule has 1 fully saturated rings. The molecule has 1 rings (SSSR count). The van der Waals surface area contributed by atoms with Crippen molar-refractivity contribution < 1.29 is 14.3 Å². The Morgan fingerprint density at radius 2 is 1.89 bits per heavy atom. The zero-order valence-electron chi connectivity index (χ0n) is 11.6. The van der Waals surface area contributed by atoms with E-state index in [4.69, 9.17) is 4.74 Å². The first-order valence-electron chi connectivity index (χ1n) is 6.69. The van der Waals surface area contributed by atoms with E-state index >= 15 is 0 Å². The quantitative estimate of drug-likeness (QED) is 0.568. The summed E-state index contributed by atoms with van der Waals surface area (Å²) in [5.41, 5.74) is 0. The molecule has 5 nitrogen and oxygen atoms in total. The standard InChI is InChI=1S/C13H24N2O3/c1-4-5-10-18-12(16)11-6-8-15(9-7-11)13(17)14(2)3/h11H,4-10H2,1-3H3. The van der Waals surface area contributed by atoms with Crippen LogP contribution in [-0.4, -0.2) is 55.6 Å². The minimum atomic E-state index is -0.0968. The molecule has 0 atom stereocenters. The smallest absolute Gasteiger partial charge is 0.319 e. The molecule has 0 aliphatic carbocycles. The summed E-state index contributed by atoms with van der Waals surface area (Å²) in [4.78, 5) is 26.8. The average Bonchev–Trinajstić information content (AvgIpc) is 2.38. The summed E-state index contributed by atoms with van der Waals surface area (Å²) >= 11 is 0. The Labute approximate surface area is 109 Å². The van der Waals surface area contributed by atoms with E-state index < -0.39 is 0 Å². The van der Waals surface area contributed by atoms with Crippen molar-refractivity contribution in [2.24, 2.45) is 5.92 Å². The maximum atomic E-state index is 11.7. The fourth-order valence-electron chi connectivity index (χ4n) is 2.02. The van der Waals surface area contributed by atoms with Gasteiger partial charge in [0.05, 0.1) is 12.5 Å². The van der Waals surface area contributed by atoms with Gasteiger partial charge in [-0.2, -0.15) is 0 Å².